The minimum Gasteiger partial charge on any atom is -0.481 e. The first-order chi connectivity index (χ1) is 23.2. The predicted molar refractivity (Wildman–Crippen MR) is 173 cm³/mol. The number of pyridine rings is 1. The maximum atomic E-state index is 15.9. The fourth-order valence-electron chi connectivity index (χ4n) is 6.90. The topological polar surface area (TPSA) is 91.6 Å². The van der Waals surface area contributed by atoms with Crippen molar-refractivity contribution in [2.24, 2.45) is 0 Å². The molecule has 0 radical (unpaired) electrons. The highest BCUT2D eigenvalue weighted by Crippen LogP contribution is 2.36. The Morgan fingerprint density at radius 1 is 1.00 bits per heavy atom. The maximum Gasteiger partial charge on any atom is 0.416 e. The molecule has 1 aromatic heterocycles. The molecular weight excluding hydrogens is 645 g/mol. The number of nitrogens with one attached hydrogen (secondary N) is 1. The van der Waals surface area contributed by atoms with Gasteiger partial charge in [0, 0.05) is 37.5 Å². The molecule has 2 atom stereocenters. The minimum atomic E-state index is -4.88. The van der Waals surface area contributed by atoms with Gasteiger partial charge < -0.3 is 10.4 Å². The third-order valence-electron chi connectivity index (χ3n) is 9.27. The number of rotatable bonds is 6. The molecule has 2 aliphatic rings. The van der Waals surface area contributed by atoms with Gasteiger partial charge in [0.05, 0.1) is 18.0 Å². The van der Waals surface area contributed by atoms with Gasteiger partial charge in [-0.05, 0) is 83.3 Å². The van der Waals surface area contributed by atoms with E-state index in [-0.39, 0.29) is 48.3 Å². The number of amides is 1. The second-order valence-electron chi connectivity index (χ2n) is 12.9. The molecule has 0 unspecified atom stereocenters. The summed E-state index contributed by atoms with van der Waals surface area (Å²) in [6.45, 7) is 3.72. The fraction of sp³-hybridized carbons (Fsp3) is 0.324. The van der Waals surface area contributed by atoms with E-state index in [1.165, 1.54) is 6.07 Å². The van der Waals surface area contributed by atoms with Crippen LogP contribution in [0.25, 0.3) is 11.1 Å². The highest BCUT2D eigenvalue weighted by Gasteiger charge is 2.37. The van der Waals surface area contributed by atoms with E-state index in [1.807, 2.05) is 31.2 Å². The van der Waals surface area contributed by atoms with Gasteiger partial charge in [-0.3, -0.25) is 23.9 Å². The first kappa shape index (κ1) is 34.0. The van der Waals surface area contributed by atoms with Crippen LogP contribution in [0.5, 0.6) is 0 Å². The van der Waals surface area contributed by atoms with Crippen LogP contribution in [0.3, 0.4) is 0 Å². The van der Waals surface area contributed by atoms with E-state index in [2.05, 4.69) is 5.32 Å². The molecule has 6 rings (SSSR count). The molecular formula is C37H34F5N3O4. The van der Waals surface area contributed by atoms with Crippen molar-refractivity contribution in [1.82, 2.24) is 14.8 Å². The molecule has 7 nitrogen and oxygen atoms in total. The molecule has 256 valence electrons. The Hall–Kier alpha value is -4.84. The molecule has 0 saturated carbocycles. The van der Waals surface area contributed by atoms with Crippen LogP contribution in [0.1, 0.15) is 63.0 Å². The summed E-state index contributed by atoms with van der Waals surface area (Å²) in [5, 5.41) is 12.5. The van der Waals surface area contributed by atoms with Crippen LogP contribution in [0.4, 0.5) is 22.0 Å². The summed E-state index contributed by atoms with van der Waals surface area (Å²) in [4.78, 5) is 41.6. The molecule has 49 heavy (non-hydrogen) atoms. The normalized spacial score (nSPS) is 18.4. The zero-order valence-electron chi connectivity index (χ0n) is 26.8. The summed E-state index contributed by atoms with van der Waals surface area (Å²) in [5.74, 6) is -2.95. The van der Waals surface area contributed by atoms with Gasteiger partial charge in [0.25, 0.3) is 5.56 Å². The summed E-state index contributed by atoms with van der Waals surface area (Å²) < 4.78 is 72.7. The van der Waals surface area contributed by atoms with Crippen LogP contribution in [-0.2, 0) is 28.6 Å². The highest BCUT2D eigenvalue weighted by molar-refractivity contribution is 5.85. The predicted octanol–water partition coefficient (Wildman–Crippen LogP) is 6.31. The van der Waals surface area contributed by atoms with E-state index in [9.17, 15) is 37.1 Å². The smallest absolute Gasteiger partial charge is 0.416 e. The van der Waals surface area contributed by atoms with Crippen molar-refractivity contribution < 1.29 is 36.6 Å². The average molecular weight is 680 g/mol. The Morgan fingerprint density at radius 2 is 1.73 bits per heavy atom. The Kier molecular flexibility index (Phi) is 9.19. The molecule has 0 spiro atoms. The first-order valence-electron chi connectivity index (χ1n) is 15.9. The number of benzene rings is 3. The lowest BCUT2D eigenvalue weighted by Crippen LogP contribution is -2.49. The minimum absolute atomic E-state index is 0.0779. The van der Waals surface area contributed by atoms with E-state index in [1.54, 1.807) is 36.1 Å². The number of carboxylic acid groups (broad SMARTS) is 1. The summed E-state index contributed by atoms with van der Waals surface area (Å²) in [5.41, 5.74) is 1.82. The van der Waals surface area contributed by atoms with Crippen molar-refractivity contribution in [3.8, 4) is 11.1 Å². The molecule has 12 heteroatoms. The molecule has 4 aromatic rings. The van der Waals surface area contributed by atoms with E-state index >= 15 is 4.39 Å². The van der Waals surface area contributed by atoms with Crippen LogP contribution in [0.15, 0.2) is 71.7 Å². The standard InChI is InChI=1S/C37H34F5N3O4/c1-20-5-3-7-23-12-22-6-4-8-24(13-22)35(36(49)43-30(16-32(47)48)28-14-26(33(20)23)11-21(2)34(28)39)45-17-25(9-10-44-18-27(38)19-44)29(15-31(45)46)37(40,41)42/h3-8,11,13-15,17,27,30,35H,9-10,12,16,18-19H2,1-2H3,(H,43,49)(H,47,48)/t30-,35+/m0/s1. The molecule has 4 bridgehead atoms. The van der Waals surface area contributed by atoms with Crippen molar-refractivity contribution in [3.63, 3.8) is 0 Å². The number of hydrogen-bond acceptors (Lipinski definition) is 4. The van der Waals surface area contributed by atoms with E-state index in [4.69, 9.17) is 0 Å². The lowest BCUT2D eigenvalue weighted by molar-refractivity contribution is -0.139. The number of aryl methyl sites for hydroxylation is 2. The first-order valence-corrected chi connectivity index (χ1v) is 15.9. The second kappa shape index (κ2) is 13.2. The summed E-state index contributed by atoms with van der Waals surface area (Å²) in [6.07, 6.45) is -5.46. The number of fused-ring (bicyclic) bond motifs is 6. The molecule has 2 N–H and O–H groups in total. The van der Waals surface area contributed by atoms with Gasteiger partial charge in [0.1, 0.15) is 18.0 Å². The second-order valence-corrected chi connectivity index (χ2v) is 12.9. The Bertz CT molecular complexity index is 2000. The summed E-state index contributed by atoms with van der Waals surface area (Å²) in [7, 11) is 0. The Labute approximate surface area is 279 Å². The van der Waals surface area contributed by atoms with Gasteiger partial charge in [-0.1, -0.05) is 42.5 Å². The number of carbonyl (C=O) groups excluding carboxylic acids is 1. The van der Waals surface area contributed by atoms with E-state index in [0.29, 0.717) is 18.1 Å². The third-order valence-corrected chi connectivity index (χ3v) is 9.27. The fourth-order valence-corrected chi connectivity index (χ4v) is 6.90. The summed E-state index contributed by atoms with van der Waals surface area (Å²) >= 11 is 0. The number of nitrogens with zero attached hydrogens (tertiary/aromatic N) is 2. The Balaban J connectivity index is 1.55. The van der Waals surface area contributed by atoms with Crippen molar-refractivity contribution in [3.05, 3.63) is 128 Å². The van der Waals surface area contributed by atoms with Gasteiger partial charge in [0.2, 0.25) is 5.91 Å². The highest BCUT2D eigenvalue weighted by atomic mass is 19.4. The van der Waals surface area contributed by atoms with Gasteiger partial charge in [0.15, 0.2) is 0 Å². The number of carbonyl (C=O) groups is 2. The van der Waals surface area contributed by atoms with Crippen LogP contribution in [0.2, 0.25) is 0 Å². The SMILES string of the molecule is Cc1cc2cc(c1F)[C@H](CC(=O)O)NC(=O)[C@H](n1cc(CCN3CC(F)C3)c(C(F)(F)F)cc1=O)c1cccc(c1)Cc1cccc(C)c1-2. The molecule has 1 saturated heterocycles. The van der Waals surface area contributed by atoms with Gasteiger partial charge in [-0.25, -0.2) is 8.78 Å². The molecule has 1 fully saturated rings. The van der Waals surface area contributed by atoms with Gasteiger partial charge >= 0.3 is 12.1 Å². The van der Waals surface area contributed by atoms with E-state index < -0.39 is 59.7 Å². The molecule has 0 aliphatic carbocycles. The monoisotopic (exact) mass is 679 g/mol. The molecule has 2 aliphatic heterocycles. The summed E-state index contributed by atoms with van der Waals surface area (Å²) in [6, 6.07) is 13.1. The number of aliphatic carboxylic acids is 1. The zero-order chi connectivity index (χ0) is 35.2. The van der Waals surface area contributed by atoms with Crippen LogP contribution >= 0.6 is 0 Å². The molecule has 3 heterocycles. The maximum absolute atomic E-state index is 15.9. The number of carboxylic acids is 1. The van der Waals surface area contributed by atoms with Gasteiger partial charge in [-0.15, -0.1) is 0 Å². The largest absolute Gasteiger partial charge is 0.481 e. The number of halogens is 5. The van der Waals surface area contributed by atoms with Crippen LogP contribution in [0, 0.1) is 19.7 Å². The van der Waals surface area contributed by atoms with Gasteiger partial charge in [-0.2, -0.15) is 13.2 Å². The van der Waals surface area contributed by atoms with Crippen molar-refractivity contribution in [2.45, 2.75) is 57.5 Å². The van der Waals surface area contributed by atoms with E-state index in [0.717, 1.165) is 33.0 Å². The quantitative estimate of drug-likeness (QED) is 0.233. The number of alkyl halides is 4. The van der Waals surface area contributed by atoms with Crippen molar-refractivity contribution in [2.75, 3.05) is 19.6 Å². The Morgan fingerprint density at radius 3 is 2.43 bits per heavy atom. The zero-order valence-corrected chi connectivity index (χ0v) is 26.8. The van der Waals surface area contributed by atoms with Crippen molar-refractivity contribution >= 4 is 11.9 Å². The molecule has 3 aromatic carbocycles. The van der Waals surface area contributed by atoms with Crippen LogP contribution in [-0.4, -0.2) is 52.3 Å². The number of likely N-dealkylation sites (tertiary alicyclic amines) is 1. The lowest BCUT2D eigenvalue weighted by atomic mass is 9.88. The lowest BCUT2D eigenvalue weighted by Gasteiger charge is -2.34. The average Bonchev–Trinajstić information content (AvgIpc) is 3.00. The number of aromatic nitrogens is 1. The number of hydrogen-bond donors (Lipinski definition) is 2. The molecule has 1 amide bonds. The third kappa shape index (κ3) is 7.01. The van der Waals surface area contributed by atoms with Crippen molar-refractivity contribution in [1.29, 1.82) is 0 Å². The van der Waals surface area contributed by atoms with Crippen LogP contribution < -0.4 is 10.9 Å².